The van der Waals surface area contributed by atoms with Gasteiger partial charge in [0.05, 0.1) is 0 Å². The monoisotopic (exact) mass is 559 g/mol. The minimum absolute atomic E-state index is 0.184. The second-order valence-corrected chi connectivity index (χ2v) is 11.3. The molecule has 2 aliphatic rings. The van der Waals surface area contributed by atoms with Crippen LogP contribution in [-0.4, -0.2) is 51.2 Å². The highest BCUT2D eigenvalue weighted by Crippen LogP contribution is 2.30. The van der Waals surface area contributed by atoms with E-state index in [-0.39, 0.29) is 43.7 Å². The van der Waals surface area contributed by atoms with E-state index in [1.807, 2.05) is 25.1 Å². The Morgan fingerprint density at radius 1 is 1.10 bits per heavy atom. The molecule has 1 fully saturated rings. The number of nitrogens with zero attached hydrogens (tertiary/aromatic N) is 1. The first-order chi connectivity index (χ1) is 19.4. The predicted octanol–water partition coefficient (Wildman–Crippen LogP) is 3.77. The molecule has 5 amide bonds. The SMILES string of the molecule is CCc1c(C(=O)Nc2ccc3c(c2)CN(C2CCC(=O)NC2=O)C3=O)[nH]c2ccc(CNC(=O)OC(C)(C)C)cc12. The van der Waals surface area contributed by atoms with E-state index in [0.717, 1.165) is 22.0 Å². The lowest BCUT2D eigenvalue weighted by atomic mass is 10.0. The molecule has 0 aliphatic carbocycles. The summed E-state index contributed by atoms with van der Waals surface area (Å²) < 4.78 is 5.30. The number of alkyl carbamates (subject to hydrolysis) is 1. The number of rotatable bonds is 6. The van der Waals surface area contributed by atoms with E-state index < -0.39 is 23.6 Å². The minimum Gasteiger partial charge on any atom is -0.444 e. The Morgan fingerprint density at radius 2 is 1.88 bits per heavy atom. The summed E-state index contributed by atoms with van der Waals surface area (Å²) in [4.78, 5) is 66.9. The number of piperidine rings is 1. The van der Waals surface area contributed by atoms with Crippen LogP contribution in [-0.2, 0) is 33.8 Å². The van der Waals surface area contributed by atoms with Crippen molar-refractivity contribution in [1.29, 1.82) is 0 Å². The topological polar surface area (TPSA) is 150 Å². The first-order valence-corrected chi connectivity index (χ1v) is 13.6. The Morgan fingerprint density at radius 3 is 2.59 bits per heavy atom. The predicted molar refractivity (Wildman–Crippen MR) is 151 cm³/mol. The summed E-state index contributed by atoms with van der Waals surface area (Å²) in [5.74, 6) is -1.39. The maximum Gasteiger partial charge on any atom is 0.407 e. The molecule has 3 aromatic rings. The van der Waals surface area contributed by atoms with Crippen molar-refractivity contribution in [3.05, 3.63) is 64.3 Å². The molecule has 11 nitrogen and oxygen atoms in total. The average Bonchev–Trinajstić information content (AvgIpc) is 3.43. The van der Waals surface area contributed by atoms with Crippen molar-refractivity contribution in [2.75, 3.05) is 5.32 Å². The number of anilines is 1. The second-order valence-electron chi connectivity index (χ2n) is 11.3. The number of hydrogen-bond donors (Lipinski definition) is 4. The molecule has 1 unspecified atom stereocenters. The van der Waals surface area contributed by atoms with Crippen LogP contribution in [0.1, 0.15) is 78.1 Å². The summed E-state index contributed by atoms with van der Waals surface area (Å²) in [5.41, 5.74) is 4.05. The molecule has 5 rings (SSSR count). The smallest absolute Gasteiger partial charge is 0.407 e. The van der Waals surface area contributed by atoms with Crippen LogP contribution in [0.25, 0.3) is 10.9 Å². The molecule has 2 aliphatic heterocycles. The normalized spacial score (nSPS) is 16.9. The molecule has 1 atom stereocenters. The van der Waals surface area contributed by atoms with Gasteiger partial charge < -0.3 is 25.3 Å². The number of benzene rings is 2. The van der Waals surface area contributed by atoms with E-state index in [2.05, 4.69) is 20.9 Å². The van der Waals surface area contributed by atoms with Gasteiger partial charge in [0, 0.05) is 41.7 Å². The van der Waals surface area contributed by atoms with Gasteiger partial charge in [-0.1, -0.05) is 13.0 Å². The number of fused-ring (bicyclic) bond motifs is 2. The van der Waals surface area contributed by atoms with Gasteiger partial charge in [-0.3, -0.25) is 24.5 Å². The molecule has 2 aromatic carbocycles. The fraction of sp³-hybridized carbons (Fsp3) is 0.367. The molecule has 0 radical (unpaired) electrons. The number of imide groups is 1. The number of hydrogen-bond acceptors (Lipinski definition) is 6. The van der Waals surface area contributed by atoms with Crippen molar-refractivity contribution in [2.24, 2.45) is 0 Å². The van der Waals surface area contributed by atoms with Gasteiger partial charge >= 0.3 is 6.09 Å². The van der Waals surface area contributed by atoms with E-state index in [0.29, 0.717) is 28.9 Å². The zero-order valence-electron chi connectivity index (χ0n) is 23.5. The van der Waals surface area contributed by atoms with Gasteiger partial charge in [0.15, 0.2) is 0 Å². The Kier molecular flexibility index (Phi) is 7.29. The molecule has 0 saturated carbocycles. The number of aromatic nitrogens is 1. The quantitative estimate of drug-likeness (QED) is 0.338. The van der Waals surface area contributed by atoms with Crippen LogP contribution in [0.4, 0.5) is 10.5 Å². The summed E-state index contributed by atoms with van der Waals surface area (Å²) in [7, 11) is 0. The van der Waals surface area contributed by atoms with E-state index in [4.69, 9.17) is 4.74 Å². The first-order valence-electron chi connectivity index (χ1n) is 13.6. The fourth-order valence-electron chi connectivity index (χ4n) is 5.30. The van der Waals surface area contributed by atoms with Gasteiger partial charge in [0.2, 0.25) is 11.8 Å². The van der Waals surface area contributed by atoms with E-state index >= 15 is 0 Å². The molecule has 11 heteroatoms. The van der Waals surface area contributed by atoms with E-state index in [9.17, 15) is 24.0 Å². The highest BCUT2D eigenvalue weighted by Gasteiger charge is 2.39. The highest BCUT2D eigenvalue weighted by atomic mass is 16.6. The highest BCUT2D eigenvalue weighted by molar-refractivity contribution is 6.09. The van der Waals surface area contributed by atoms with Gasteiger partial charge in [-0.25, -0.2) is 4.79 Å². The molecule has 1 aromatic heterocycles. The zero-order chi connectivity index (χ0) is 29.5. The van der Waals surface area contributed by atoms with Crippen molar-refractivity contribution in [2.45, 2.75) is 71.7 Å². The van der Waals surface area contributed by atoms with Crippen molar-refractivity contribution < 1.29 is 28.7 Å². The molecule has 3 heterocycles. The second kappa shape index (κ2) is 10.7. The molecule has 0 spiro atoms. The van der Waals surface area contributed by atoms with Crippen LogP contribution in [0.3, 0.4) is 0 Å². The van der Waals surface area contributed by atoms with Crippen LogP contribution in [0, 0.1) is 0 Å². The maximum absolute atomic E-state index is 13.4. The molecule has 41 heavy (non-hydrogen) atoms. The molecule has 0 bridgehead atoms. The number of H-pyrrole nitrogens is 1. The van der Waals surface area contributed by atoms with Crippen LogP contribution in [0.2, 0.25) is 0 Å². The van der Waals surface area contributed by atoms with Crippen LogP contribution >= 0.6 is 0 Å². The Balaban J connectivity index is 1.30. The van der Waals surface area contributed by atoms with Gasteiger partial charge in [-0.05, 0) is 80.6 Å². The number of nitrogens with one attached hydrogen (secondary N) is 4. The Hall–Kier alpha value is -4.67. The van der Waals surface area contributed by atoms with Gasteiger partial charge in [0.25, 0.3) is 11.8 Å². The van der Waals surface area contributed by atoms with Gasteiger partial charge in [0.1, 0.15) is 17.3 Å². The summed E-state index contributed by atoms with van der Waals surface area (Å²) in [6.07, 6.45) is 0.570. The molecule has 4 N–H and O–H groups in total. The van der Waals surface area contributed by atoms with Crippen LogP contribution in [0.15, 0.2) is 36.4 Å². The lowest BCUT2D eigenvalue weighted by Crippen LogP contribution is -2.52. The Labute approximate surface area is 237 Å². The fourth-order valence-corrected chi connectivity index (χ4v) is 5.30. The van der Waals surface area contributed by atoms with E-state index in [1.54, 1.807) is 39.0 Å². The van der Waals surface area contributed by atoms with Crippen molar-refractivity contribution >= 4 is 46.3 Å². The molecular weight excluding hydrogens is 526 g/mol. The summed E-state index contributed by atoms with van der Waals surface area (Å²) >= 11 is 0. The largest absolute Gasteiger partial charge is 0.444 e. The zero-order valence-corrected chi connectivity index (χ0v) is 23.5. The van der Waals surface area contributed by atoms with Crippen molar-refractivity contribution in [1.82, 2.24) is 20.5 Å². The van der Waals surface area contributed by atoms with Crippen molar-refractivity contribution in [3.8, 4) is 0 Å². The lowest BCUT2D eigenvalue weighted by molar-refractivity contribution is -0.136. The van der Waals surface area contributed by atoms with Gasteiger partial charge in [-0.2, -0.15) is 0 Å². The maximum atomic E-state index is 13.4. The van der Waals surface area contributed by atoms with Crippen LogP contribution in [0.5, 0.6) is 0 Å². The third-order valence-corrected chi connectivity index (χ3v) is 7.17. The number of carbonyl (C=O) groups is 5. The number of ether oxygens (including phenoxy) is 1. The number of aromatic amines is 1. The third kappa shape index (κ3) is 5.79. The summed E-state index contributed by atoms with van der Waals surface area (Å²) in [6.45, 7) is 7.88. The standard InChI is InChI=1S/C30H33N5O6/c1-5-19-21-12-16(14-31-29(40)41-30(2,3)4)6-9-22(21)33-25(19)27(38)32-18-7-8-20-17(13-18)15-35(28(20)39)23-10-11-24(36)34-26(23)37/h6-9,12-13,23,33H,5,10-11,14-15H2,1-4H3,(H,31,40)(H,32,38)(H,34,36,37). The van der Waals surface area contributed by atoms with Crippen LogP contribution < -0.4 is 16.0 Å². The number of amides is 5. The molecular formula is C30H33N5O6. The van der Waals surface area contributed by atoms with Crippen molar-refractivity contribution in [3.63, 3.8) is 0 Å². The first kappa shape index (κ1) is 27.9. The summed E-state index contributed by atoms with van der Waals surface area (Å²) in [6, 6.07) is 10.1. The average molecular weight is 560 g/mol. The Bertz CT molecular complexity index is 1580. The lowest BCUT2D eigenvalue weighted by Gasteiger charge is -2.29. The number of carbonyl (C=O) groups excluding carboxylic acids is 5. The number of aryl methyl sites for hydroxylation is 1. The van der Waals surface area contributed by atoms with E-state index in [1.165, 1.54) is 4.90 Å². The minimum atomic E-state index is -0.701. The third-order valence-electron chi connectivity index (χ3n) is 7.17. The summed E-state index contributed by atoms with van der Waals surface area (Å²) in [5, 5.41) is 8.87. The molecule has 1 saturated heterocycles. The molecule has 214 valence electrons. The van der Waals surface area contributed by atoms with Gasteiger partial charge in [-0.15, -0.1) is 0 Å².